The van der Waals surface area contributed by atoms with Gasteiger partial charge in [0.15, 0.2) is 0 Å². The number of ether oxygens (including phenoxy) is 1. The van der Waals surface area contributed by atoms with Crippen LogP contribution in [0.15, 0.2) is 35.7 Å². The molecule has 5 nitrogen and oxygen atoms in total. The molecule has 1 aliphatic carbocycles. The highest BCUT2D eigenvalue weighted by Crippen LogP contribution is 2.53. The molecule has 1 N–H and O–H groups in total. The molecule has 1 fully saturated rings. The summed E-state index contributed by atoms with van der Waals surface area (Å²) < 4.78 is 5.88. The van der Waals surface area contributed by atoms with Gasteiger partial charge in [-0.15, -0.1) is 0 Å². The number of pyridine rings is 1. The third-order valence-electron chi connectivity index (χ3n) is 6.06. The summed E-state index contributed by atoms with van der Waals surface area (Å²) in [6, 6.07) is 8.10. The third-order valence-corrected chi connectivity index (χ3v) is 6.06. The Morgan fingerprint density at radius 2 is 2.10 bits per heavy atom. The first-order valence-corrected chi connectivity index (χ1v) is 10.1. The summed E-state index contributed by atoms with van der Waals surface area (Å²) >= 11 is 0. The Balaban J connectivity index is 2.00. The topological polar surface area (TPSA) is 75.0 Å². The van der Waals surface area contributed by atoms with E-state index in [9.17, 15) is 10.1 Å². The summed E-state index contributed by atoms with van der Waals surface area (Å²) in [6.45, 7) is 8.59. The predicted molar refractivity (Wildman–Crippen MR) is 112 cm³/mol. The number of benzene rings is 1. The number of allylic oxidation sites excluding steroid dienone is 2. The van der Waals surface area contributed by atoms with Gasteiger partial charge in [-0.1, -0.05) is 13.0 Å². The molecule has 1 aliphatic heterocycles. The van der Waals surface area contributed by atoms with E-state index >= 15 is 0 Å². The average molecular weight is 387 g/mol. The lowest BCUT2D eigenvalue weighted by atomic mass is 9.78. The highest BCUT2D eigenvalue weighted by molar-refractivity contribution is 5.86. The Hall–Kier alpha value is -3.13. The monoisotopic (exact) mass is 387 g/mol. The van der Waals surface area contributed by atoms with Crippen molar-refractivity contribution in [1.29, 1.82) is 5.26 Å². The molecule has 2 aromatic rings. The number of aryl methyl sites for hydroxylation is 1. The van der Waals surface area contributed by atoms with Crippen LogP contribution in [0.5, 0.6) is 5.88 Å². The number of hydrogen-bond acceptors (Lipinski definition) is 5. The van der Waals surface area contributed by atoms with Crippen molar-refractivity contribution in [2.45, 2.75) is 46.0 Å². The van der Waals surface area contributed by atoms with Gasteiger partial charge < -0.3 is 10.1 Å². The molecule has 2 heterocycles. The summed E-state index contributed by atoms with van der Waals surface area (Å²) in [5, 5.41) is 12.8. The minimum absolute atomic E-state index is 0.270. The van der Waals surface area contributed by atoms with Crippen LogP contribution in [0.25, 0.3) is 0 Å². The molecule has 1 aromatic heterocycles. The first-order valence-electron chi connectivity index (χ1n) is 10.1. The van der Waals surface area contributed by atoms with Gasteiger partial charge in [0.05, 0.1) is 29.5 Å². The standard InChI is InChI=1S/C24H25N3O2/c1-5-29-24-22-21(20(12-28)15(4)27-23(22)14(3)11-26-24)17-7-6-16(10-25)9-19(17)18-8-13(18)2/h6-7,9,11-13,18,21,27H,5,8H2,1-4H3. The Labute approximate surface area is 171 Å². The van der Waals surface area contributed by atoms with Gasteiger partial charge in [0.25, 0.3) is 0 Å². The number of aromatic nitrogens is 1. The molecule has 3 atom stereocenters. The smallest absolute Gasteiger partial charge is 0.219 e. The van der Waals surface area contributed by atoms with Gasteiger partial charge in [-0.05, 0) is 67.9 Å². The van der Waals surface area contributed by atoms with Gasteiger partial charge in [0, 0.05) is 23.4 Å². The van der Waals surface area contributed by atoms with Crippen LogP contribution in [0.4, 0.5) is 5.69 Å². The van der Waals surface area contributed by atoms with E-state index in [0.29, 0.717) is 35.5 Å². The van der Waals surface area contributed by atoms with Gasteiger partial charge in [-0.2, -0.15) is 5.26 Å². The van der Waals surface area contributed by atoms with Crippen molar-refractivity contribution in [1.82, 2.24) is 4.98 Å². The molecule has 2 aliphatic rings. The van der Waals surface area contributed by atoms with Crippen molar-refractivity contribution < 1.29 is 9.53 Å². The zero-order valence-electron chi connectivity index (χ0n) is 17.2. The molecule has 5 heteroatoms. The molecule has 4 rings (SSSR count). The van der Waals surface area contributed by atoms with E-state index in [2.05, 4.69) is 23.3 Å². The van der Waals surface area contributed by atoms with Crippen molar-refractivity contribution in [3.8, 4) is 11.9 Å². The SMILES string of the molecule is CCOc1ncc(C)c2c1C(c1ccc(C#N)cc1C1CC1C)C(C=O)=C(C)N2. The summed E-state index contributed by atoms with van der Waals surface area (Å²) in [5.74, 6) is 1.28. The molecule has 0 radical (unpaired) electrons. The molecule has 0 saturated heterocycles. The average Bonchev–Trinajstić information content (AvgIpc) is 3.45. The number of hydrogen-bond donors (Lipinski definition) is 1. The molecule has 0 spiro atoms. The van der Waals surface area contributed by atoms with Gasteiger partial charge in [-0.25, -0.2) is 4.98 Å². The second kappa shape index (κ2) is 7.36. The van der Waals surface area contributed by atoms with Crippen molar-refractivity contribution >= 4 is 12.0 Å². The predicted octanol–water partition coefficient (Wildman–Crippen LogP) is 4.81. The Morgan fingerprint density at radius 1 is 1.34 bits per heavy atom. The van der Waals surface area contributed by atoms with E-state index in [-0.39, 0.29) is 5.92 Å². The molecule has 29 heavy (non-hydrogen) atoms. The minimum Gasteiger partial charge on any atom is -0.478 e. The largest absolute Gasteiger partial charge is 0.478 e. The maximum atomic E-state index is 12.2. The van der Waals surface area contributed by atoms with Crippen LogP contribution >= 0.6 is 0 Å². The summed E-state index contributed by atoms with van der Waals surface area (Å²) in [4.78, 5) is 16.7. The van der Waals surface area contributed by atoms with E-state index < -0.39 is 0 Å². The molecule has 148 valence electrons. The second-order valence-electron chi connectivity index (χ2n) is 8.00. The zero-order valence-corrected chi connectivity index (χ0v) is 17.2. The number of nitrogens with zero attached hydrogens (tertiary/aromatic N) is 2. The van der Waals surface area contributed by atoms with Crippen molar-refractivity contribution in [3.05, 3.63) is 63.5 Å². The number of carbonyl (C=O) groups is 1. The zero-order chi connectivity index (χ0) is 20.7. The number of aldehydes is 1. The van der Waals surface area contributed by atoms with Crippen LogP contribution < -0.4 is 10.1 Å². The lowest BCUT2D eigenvalue weighted by molar-refractivity contribution is -0.105. The van der Waals surface area contributed by atoms with Crippen LogP contribution in [-0.2, 0) is 4.79 Å². The van der Waals surface area contributed by atoms with Crippen molar-refractivity contribution in [2.75, 3.05) is 11.9 Å². The fourth-order valence-electron chi connectivity index (χ4n) is 4.39. The lowest BCUT2D eigenvalue weighted by Gasteiger charge is -2.32. The number of nitriles is 1. The van der Waals surface area contributed by atoms with Gasteiger partial charge in [0.2, 0.25) is 5.88 Å². The van der Waals surface area contributed by atoms with E-state index in [1.54, 1.807) is 6.20 Å². The van der Waals surface area contributed by atoms with Crippen LogP contribution in [-0.4, -0.2) is 17.9 Å². The van der Waals surface area contributed by atoms with E-state index in [4.69, 9.17) is 4.74 Å². The highest BCUT2D eigenvalue weighted by atomic mass is 16.5. The summed E-state index contributed by atoms with van der Waals surface area (Å²) in [5.41, 5.74) is 7.26. The summed E-state index contributed by atoms with van der Waals surface area (Å²) in [7, 11) is 0. The normalized spacial score (nSPS) is 22.4. The van der Waals surface area contributed by atoms with E-state index in [0.717, 1.165) is 46.3 Å². The van der Waals surface area contributed by atoms with Crippen LogP contribution in [0.2, 0.25) is 0 Å². The number of nitrogens with one attached hydrogen (secondary N) is 1. The number of anilines is 1. The maximum Gasteiger partial charge on any atom is 0.219 e. The maximum absolute atomic E-state index is 12.2. The van der Waals surface area contributed by atoms with Crippen LogP contribution in [0, 0.1) is 24.2 Å². The van der Waals surface area contributed by atoms with Crippen molar-refractivity contribution in [2.24, 2.45) is 5.92 Å². The quantitative estimate of drug-likeness (QED) is 0.745. The fraction of sp³-hybridized carbons (Fsp3) is 0.375. The Bertz CT molecular complexity index is 1060. The number of rotatable bonds is 5. The Morgan fingerprint density at radius 3 is 2.72 bits per heavy atom. The second-order valence-corrected chi connectivity index (χ2v) is 8.00. The third kappa shape index (κ3) is 3.19. The molecule has 0 bridgehead atoms. The first-order chi connectivity index (χ1) is 14.0. The Kier molecular flexibility index (Phi) is 4.87. The molecule has 0 amide bonds. The molecule has 1 aromatic carbocycles. The van der Waals surface area contributed by atoms with E-state index in [1.807, 2.05) is 39.0 Å². The van der Waals surface area contributed by atoms with Crippen molar-refractivity contribution in [3.63, 3.8) is 0 Å². The number of fused-ring (bicyclic) bond motifs is 1. The molecular formula is C24H25N3O2. The molecular weight excluding hydrogens is 362 g/mol. The van der Waals surface area contributed by atoms with E-state index in [1.165, 1.54) is 0 Å². The number of carbonyl (C=O) groups excluding carboxylic acids is 1. The first kappa shape index (κ1) is 19.2. The van der Waals surface area contributed by atoms with Gasteiger partial charge in [-0.3, -0.25) is 4.79 Å². The summed E-state index contributed by atoms with van der Waals surface area (Å²) in [6.07, 6.45) is 3.84. The minimum atomic E-state index is -0.270. The lowest BCUT2D eigenvalue weighted by Crippen LogP contribution is -2.22. The fourth-order valence-corrected chi connectivity index (χ4v) is 4.39. The molecule has 1 saturated carbocycles. The van der Waals surface area contributed by atoms with Gasteiger partial charge in [0.1, 0.15) is 6.29 Å². The van der Waals surface area contributed by atoms with Crippen LogP contribution in [0.1, 0.15) is 66.8 Å². The molecule has 3 unspecified atom stereocenters. The van der Waals surface area contributed by atoms with Crippen LogP contribution in [0.3, 0.4) is 0 Å². The van der Waals surface area contributed by atoms with Gasteiger partial charge >= 0.3 is 0 Å². The highest BCUT2D eigenvalue weighted by Gasteiger charge is 2.40.